The van der Waals surface area contributed by atoms with Gasteiger partial charge in [0.15, 0.2) is 5.71 Å². The molecule has 0 atom stereocenters. The van der Waals surface area contributed by atoms with E-state index in [9.17, 15) is 17.8 Å². The number of fused-ring (bicyclic) bond motifs is 4. The first kappa shape index (κ1) is 32.4. The molecule has 3 aromatic rings. The molecule has 2 aliphatic heterocycles. The molecule has 0 unspecified atom stereocenters. The summed E-state index contributed by atoms with van der Waals surface area (Å²) in [5, 5.41) is 11.5. The number of rotatable bonds is 11. The van der Waals surface area contributed by atoms with Gasteiger partial charge in [-0.15, -0.1) is 0 Å². The Labute approximate surface area is 266 Å². The Hall–Kier alpha value is -4.01. The Morgan fingerprint density at radius 3 is 2.44 bits per heavy atom. The summed E-state index contributed by atoms with van der Waals surface area (Å²) in [7, 11) is -4.05. The van der Waals surface area contributed by atoms with Gasteiger partial charge in [-0.05, 0) is 67.3 Å². The maximum atomic E-state index is 11.5. The van der Waals surface area contributed by atoms with Crippen LogP contribution in [-0.4, -0.2) is 53.2 Å². The Bertz CT molecular complexity index is 1880. The van der Waals surface area contributed by atoms with Crippen molar-refractivity contribution in [2.24, 2.45) is 0 Å². The van der Waals surface area contributed by atoms with Gasteiger partial charge in [0.1, 0.15) is 6.54 Å². The topological polar surface area (TPSA) is 97.9 Å². The molecule has 0 amide bonds. The Morgan fingerprint density at radius 2 is 1.73 bits per heavy atom. The van der Waals surface area contributed by atoms with Gasteiger partial charge in [0.25, 0.3) is 10.1 Å². The summed E-state index contributed by atoms with van der Waals surface area (Å²) >= 11 is 0. The third-order valence-electron chi connectivity index (χ3n) is 9.17. The average molecular weight is 628 g/mol. The zero-order chi connectivity index (χ0) is 32.6. The minimum Gasteiger partial charge on any atom is -0.481 e. The van der Waals surface area contributed by atoms with Crippen LogP contribution in [0, 0.1) is 0 Å². The van der Waals surface area contributed by atoms with Crippen LogP contribution in [0.25, 0.3) is 10.8 Å². The van der Waals surface area contributed by atoms with E-state index in [-0.39, 0.29) is 23.0 Å². The van der Waals surface area contributed by atoms with Gasteiger partial charge in [-0.1, -0.05) is 68.5 Å². The van der Waals surface area contributed by atoms with E-state index >= 15 is 0 Å². The number of benzene rings is 3. The van der Waals surface area contributed by atoms with Crippen molar-refractivity contribution in [3.8, 4) is 0 Å². The first-order chi connectivity index (χ1) is 21.3. The highest BCUT2D eigenvalue weighted by Crippen LogP contribution is 2.48. The molecule has 236 valence electrons. The molecular formula is C37H43N2O5S+. The highest BCUT2D eigenvalue weighted by Gasteiger charge is 2.45. The van der Waals surface area contributed by atoms with Crippen molar-refractivity contribution in [1.82, 2.24) is 0 Å². The second-order valence-electron chi connectivity index (χ2n) is 12.9. The van der Waals surface area contributed by atoms with Crippen LogP contribution in [0.2, 0.25) is 0 Å². The van der Waals surface area contributed by atoms with Crippen LogP contribution in [-0.2, 0) is 32.2 Å². The van der Waals surface area contributed by atoms with E-state index in [1.165, 1.54) is 22.2 Å². The lowest BCUT2D eigenvalue weighted by Crippen LogP contribution is -2.28. The van der Waals surface area contributed by atoms with Crippen molar-refractivity contribution in [2.45, 2.75) is 64.7 Å². The highest BCUT2D eigenvalue weighted by molar-refractivity contribution is 7.85. The van der Waals surface area contributed by atoms with Gasteiger partial charge < -0.3 is 10.0 Å². The number of carbonyl (C=O) groups is 1. The van der Waals surface area contributed by atoms with Gasteiger partial charge >= 0.3 is 5.97 Å². The monoisotopic (exact) mass is 627 g/mol. The first-order valence-electron chi connectivity index (χ1n) is 15.6. The largest absolute Gasteiger partial charge is 0.481 e. The normalized spacial score (nSPS) is 18.1. The number of aryl methyl sites for hydroxylation is 1. The van der Waals surface area contributed by atoms with Crippen LogP contribution in [0.5, 0.6) is 0 Å². The van der Waals surface area contributed by atoms with E-state index in [0.717, 1.165) is 34.6 Å². The van der Waals surface area contributed by atoms with E-state index in [4.69, 9.17) is 5.11 Å². The van der Waals surface area contributed by atoms with Crippen LogP contribution < -0.4 is 4.90 Å². The number of allylic oxidation sites excluding steroid dienone is 6. The van der Waals surface area contributed by atoms with Crippen molar-refractivity contribution in [3.05, 3.63) is 107 Å². The standard InChI is InChI=1S/C37H42N2O5S/c1-6-38-30-20-17-26(18-22-34(40)41)25-29(30)36(2,3)32(38)15-8-7-9-16-33-37(4,5)35-28-14-11-10-13-27(28)19-21-31(35)39(33)23-12-24-45(42,43)44/h7-11,13-17,19-21,25H,6,12,18,22-24H2,1-5H3,(H-,40,41,42,43,44)/p+1. The fourth-order valence-corrected chi connectivity index (χ4v) is 7.50. The van der Waals surface area contributed by atoms with Crippen molar-refractivity contribution in [1.29, 1.82) is 0 Å². The Morgan fingerprint density at radius 1 is 0.978 bits per heavy atom. The molecule has 5 rings (SSSR count). The summed E-state index contributed by atoms with van der Waals surface area (Å²) < 4.78 is 34.6. The van der Waals surface area contributed by atoms with Crippen molar-refractivity contribution >= 4 is 43.9 Å². The number of anilines is 1. The van der Waals surface area contributed by atoms with Gasteiger partial charge in [-0.3, -0.25) is 9.35 Å². The van der Waals surface area contributed by atoms with Gasteiger partial charge in [-0.25, -0.2) is 0 Å². The van der Waals surface area contributed by atoms with Gasteiger partial charge in [0.05, 0.1) is 11.2 Å². The molecule has 0 aromatic heterocycles. The second kappa shape index (κ2) is 12.4. The predicted octanol–water partition coefficient (Wildman–Crippen LogP) is 7.33. The lowest BCUT2D eigenvalue weighted by atomic mass is 9.79. The molecule has 2 aliphatic rings. The molecule has 2 heterocycles. The summed E-state index contributed by atoms with van der Waals surface area (Å²) in [6.45, 7) is 12.2. The zero-order valence-corrected chi connectivity index (χ0v) is 27.6. The summed E-state index contributed by atoms with van der Waals surface area (Å²) in [6.07, 6.45) is 11.3. The van der Waals surface area contributed by atoms with Crippen molar-refractivity contribution < 1.29 is 27.4 Å². The molecule has 0 saturated heterocycles. The maximum absolute atomic E-state index is 11.5. The number of carboxylic acids is 1. The summed E-state index contributed by atoms with van der Waals surface area (Å²) in [6, 6.07) is 18.8. The molecule has 0 spiro atoms. The molecule has 0 bridgehead atoms. The van der Waals surface area contributed by atoms with E-state index in [0.29, 0.717) is 19.4 Å². The number of likely N-dealkylation sites (N-methyl/N-ethyl adjacent to an activating group) is 1. The quantitative estimate of drug-likeness (QED) is 0.131. The molecule has 0 fully saturated rings. The Kier molecular flexibility index (Phi) is 8.93. The number of hydrogen-bond acceptors (Lipinski definition) is 4. The summed E-state index contributed by atoms with van der Waals surface area (Å²) in [4.78, 5) is 13.4. The zero-order valence-electron chi connectivity index (χ0n) is 26.7. The van der Waals surface area contributed by atoms with Crippen LogP contribution in [0.15, 0.2) is 90.7 Å². The number of nitrogens with zero attached hydrogens (tertiary/aromatic N) is 2. The lowest BCUT2D eigenvalue weighted by molar-refractivity contribution is -0.437. The van der Waals surface area contributed by atoms with E-state index in [1.807, 2.05) is 30.4 Å². The predicted molar refractivity (Wildman–Crippen MR) is 183 cm³/mol. The molecule has 7 nitrogen and oxygen atoms in total. The van der Waals surface area contributed by atoms with E-state index < -0.39 is 16.1 Å². The fourth-order valence-electron chi connectivity index (χ4n) is 7.01. The maximum Gasteiger partial charge on any atom is 0.303 e. The van der Waals surface area contributed by atoms with Crippen molar-refractivity contribution in [2.75, 3.05) is 23.7 Å². The van der Waals surface area contributed by atoms with Crippen LogP contribution in [0.1, 0.15) is 64.2 Å². The smallest absolute Gasteiger partial charge is 0.303 e. The molecule has 3 aromatic carbocycles. The SMILES string of the molecule is CCN1/C(=C/C=C/C=C/C2=[N+](CCCS(=O)(=O)O)c3ccc4ccccc4c3C2(C)C)C(C)(C)c2cc(CCC(=O)O)ccc21. The summed E-state index contributed by atoms with van der Waals surface area (Å²) in [5.41, 5.74) is 7.35. The summed E-state index contributed by atoms with van der Waals surface area (Å²) in [5.74, 6) is -1.08. The van der Waals surface area contributed by atoms with E-state index in [2.05, 4.69) is 98.7 Å². The average Bonchev–Trinajstić information content (AvgIpc) is 3.33. The van der Waals surface area contributed by atoms with Gasteiger partial charge in [0.2, 0.25) is 5.69 Å². The Balaban J connectivity index is 1.45. The number of hydrogen-bond donors (Lipinski definition) is 2. The van der Waals surface area contributed by atoms with E-state index in [1.54, 1.807) is 0 Å². The lowest BCUT2D eigenvalue weighted by Gasteiger charge is -2.25. The molecule has 8 heteroatoms. The minimum absolute atomic E-state index is 0.115. The molecule has 0 aliphatic carbocycles. The van der Waals surface area contributed by atoms with Crippen LogP contribution in [0.4, 0.5) is 11.4 Å². The van der Waals surface area contributed by atoms with Gasteiger partial charge in [-0.2, -0.15) is 13.0 Å². The van der Waals surface area contributed by atoms with Gasteiger partial charge in [0, 0.05) is 53.9 Å². The number of carboxylic acid groups (broad SMARTS) is 1. The third-order valence-corrected chi connectivity index (χ3v) is 9.97. The molecular weight excluding hydrogens is 584 g/mol. The highest BCUT2D eigenvalue weighted by atomic mass is 32.2. The first-order valence-corrected chi connectivity index (χ1v) is 17.2. The van der Waals surface area contributed by atoms with Crippen LogP contribution >= 0.6 is 0 Å². The molecule has 45 heavy (non-hydrogen) atoms. The molecule has 0 saturated carbocycles. The third kappa shape index (κ3) is 6.40. The molecule has 2 N–H and O–H groups in total. The fraction of sp³-hybridized carbons (Fsp3) is 0.351. The molecule has 0 radical (unpaired) electrons. The number of aliphatic carboxylic acids is 1. The minimum atomic E-state index is -4.05. The van der Waals surface area contributed by atoms with Crippen LogP contribution in [0.3, 0.4) is 0 Å². The second-order valence-corrected chi connectivity index (χ2v) is 14.5. The van der Waals surface area contributed by atoms with Crippen molar-refractivity contribution in [3.63, 3.8) is 0 Å².